The van der Waals surface area contributed by atoms with Gasteiger partial charge in [-0.2, -0.15) is 0 Å². The molecular formula is C20H25N3O2. The molecule has 0 unspecified atom stereocenters. The zero-order valence-corrected chi connectivity index (χ0v) is 14.8. The van der Waals surface area contributed by atoms with Crippen molar-refractivity contribution in [2.75, 3.05) is 30.3 Å². The summed E-state index contributed by atoms with van der Waals surface area (Å²) in [6.07, 6.45) is 0.828. The van der Waals surface area contributed by atoms with Crippen molar-refractivity contribution in [1.82, 2.24) is 5.32 Å². The van der Waals surface area contributed by atoms with Gasteiger partial charge in [-0.05, 0) is 38.0 Å². The lowest BCUT2D eigenvalue weighted by molar-refractivity contribution is -0.119. The van der Waals surface area contributed by atoms with Crippen LogP contribution in [-0.4, -0.2) is 31.1 Å². The molecule has 3 N–H and O–H groups in total. The van der Waals surface area contributed by atoms with Crippen molar-refractivity contribution in [3.05, 3.63) is 54.1 Å². The maximum Gasteiger partial charge on any atom is 0.239 e. The number of rotatable bonds is 5. The molecule has 0 saturated carbocycles. The highest BCUT2D eigenvalue weighted by atomic mass is 16.5. The van der Waals surface area contributed by atoms with E-state index in [0.29, 0.717) is 25.3 Å². The molecule has 5 nitrogen and oxygen atoms in total. The summed E-state index contributed by atoms with van der Waals surface area (Å²) in [5, 5.41) is 3.00. The van der Waals surface area contributed by atoms with Crippen LogP contribution >= 0.6 is 0 Å². The molecule has 0 saturated heterocycles. The van der Waals surface area contributed by atoms with Crippen molar-refractivity contribution >= 4 is 17.3 Å². The molecule has 1 amide bonds. The van der Waals surface area contributed by atoms with Gasteiger partial charge in [-0.25, -0.2) is 0 Å². The van der Waals surface area contributed by atoms with Gasteiger partial charge in [0.05, 0.1) is 18.8 Å². The first-order valence-corrected chi connectivity index (χ1v) is 8.57. The monoisotopic (exact) mass is 339 g/mol. The number of nitrogens with two attached hydrogens (primary N) is 1. The van der Waals surface area contributed by atoms with E-state index in [2.05, 4.69) is 22.3 Å². The fourth-order valence-electron chi connectivity index (χ4n) is 3.11. The van der Waals surface area contributed by atoms with Crippen LogP contribution in [0, 0.1) is 0 Å². The molecule has 0 aromatic heterocycles. The Kier molecular flexibility index (Phi) is 4.83. The largest absolute Gasteiger partial charge is 0.484 e. The number of fused-ring (bicyclic) bond motifs is 1. The molecule has 0 spiro atoms. The average Bonchev–Trinajstić information content (AvgIpc) is 2.54. The number of amides is 1. The molecule has 0 fully saturated rings. The minimum Gasteiger partial charge on any atom is -0.484 e. The first-order valence-electron chi connectivity index (χ1n) is 8.57. The minimum atomic E-state index is -0.370. The molecule has 0 atom stereocenters. The molecule has 3 rings (SSSR count). The molecule has 1 heterocycles. The Bertz CT molecular complexity index is 744. The summed E-state index contributed by atoms with van der Waals surface area (Å²) in [5.41, 5.74) is 8.27. The van der Waals surface area contributed by atoms with E-state index in [1.807, 2.05) is 50.2 Å². The average molecular weight is 339 g/mol. The number of ether oxygens (including phenoxy) is 1. The number of nitrogens with zero attached hydrogens (tertiary/aromatic N) is 1. The molecule has 2 aromatic rings. The maximum atomic E-state index is 12.4. The Hall–Kier alpha value is -2.69. The summed E-state index contributed by atoms with van der Waals surface area (Å²) in [5.74, 6) is 0.741. The molecule has 1 aliphatic heterocycles. The summed E-state index contributed by atoms with van der Waals surface area (Å²) >= 11 is 0. The Morgan fingerprint density at radius 3 is 2.76 bits per heavy atom. The lowest BCUT2D eigenvalue weighted by atomic mass is 10.0. The lowest BCUT2D eigenvalue weighted by Gasteiger charge is -2.40. The normalized spacial score (nSPS) is 15.2. The van der Waals surface area contributed by atoms with Crippen LogP contribution in [0.3, 0.4) is 0 Å². The van der Waals surface area contributed by atoms with Gasteiger partial charge in [0.25, 0.3) is 0 Å². The molecule has 0 bridgehead atoms. The summed E-state index contributed by atoms with van der Waals surface area (Å²) in [4.78, 5) is 14.4. The summed E-state index contributed by atoms with van der Waals surface area (Å²) in [6.45, 7) is 5.61. The van der Waals surface area contributed by atoms with Crippen LogP contribution < -0.4 is 20.7 Å². The van der Waals surface area contributed by atoms with Crippen molar-refractivity contribution in [1.29, 1.82) is 0 Å². The molecule has 2 aromatic carbocycles. The van der Waals surface area contributed by atoms with Gasteiger partial charge in [-0.1, -0.05) is 30.3 Å². The summed E-state index contributed by atoms with van der Waals surface area (Å²) in [6, 6.07) is 15.7. The molecule has 132 valence electrons. The molecule has 0 radical (unpaired) electrons. The number of carbonyl (C=O) groups excluding carboxylic acids is 1. The zero-order chi connectivity index (χ0) is 17.9. The minimum absolute atomic E-state index is 0.0106. The van der Waals surface area contributed by atoms with Crippen molar-refractivity contribution in [3.8, 4) is 5.75 Å². The van der Waals surface area contributed by atoms with E-state index < -0.39 is 0 Å². The number of nitrogens with one attached hydrogen (secondary N) is 1. The van der Waals surface area contributed by atoms with Gasteiger partial charge in [0.15, 0.2) is 0 Å². The Morgan fingerprint density at radius 2 is 2.00 bits per heavy atom. The smallest absolute Gasteiger partial charge is 0.239 e. The molecule has 0 aliphatic carbocycles. The fraction of sp³-hybridized carbons (Fsp3) is 0.350. The lowest BCUT2D eigenvalue weighted by Crippen LogP contribution is -2.50. The van der Waals surface area contributed by atoms with E-state index in [4.69, 9.17) is 10.5 Å². The van der Waals surface area contributed by atoms with Crippen LogP contribution in [0.15, 0.2) is 48.5 Å². The second-order valence-electron chi connectivity index (χ2n) is 7.03. The van der Waals surface area contributed by atoms with Gasteiger partial charge in [0, 0.05) is 18.3 Å². The van der Waals surface area contributed by atoms with Crippen molar-refractivity contribution in [2.24, 2.45) is 0 Å². The van der Waals surface area contributed by atoms with Crippen LogP contribution in [0.1, 0.15) is 19.4 Å². The first-order chi connectivity index (χ1) is 11.9. The van der Waals surface area contributed by atoms with E-state index >= 15 is 0 Å². The first kappa shape index (κ1) is 17.1. The van der Waals surface area contributed by atoms with Crippen LogP contribution in [-0.2, 0) is 11.2 Å². The van der Waals surface area contributed by atoms with E-state index in [9.17, 15) is 4.79 Å². The highest BCUT2D eigenvalue weighted by molar-refractivity contribution is 5.82. The third kappa shape index (κ3) is 4.44. The van der Waals surface area contributed by atoms with Crippen molar-refractivity contribution in [3.63, 3.8) is 0 Å². The highest BCUT2D eigenvalue weighted by Gasteiger charge is 2.32. The van der Waals surface area contributed by atoms with Gasteiger partial charge in [0.2, 0.25) is 5.91 Å². The highest BCUT2D eigenvalue weighted by Crippen LogP contribution is 2.37. The van der Waals surface area contributed by atoms with Crippen LogP contribution in [0.5, 0.6) is 5.75 Å². The Balaban J connectivity index is 1.61. The van der Waals surface area contributed by atoms with Gasteiger partial charge in [0.1, 0.15) is 11.4 Å². The quantitative estimate of drug-likeness (QED) is 0.822. The zero-order valence-electron chi connectivity index (χ0n) is 14.8. The Labute approximate surface area is 148 Å². The van der Waals surface area contributed by atoms with E-state index in [1.54, 1.807) is 0 Å². The standard InChI is InChI=1S/C20H25N3O2/c1-20(2)14-23(17-9-8-16(21)12-18(17)25-20)13-19(24)22-11-10-15-6-4-3-5-7-15/h3-9,12H,10-11,13-14,21H2,1-2H3,(H,22,24). The second-order valence-corrected chi connectivity index (χ2v) is 7.03. The molecule has 1 aliphatic rings. The molecular weight excluding hydrogens is 314 g/mol. The van der Waals surface area contributed by atoms with E-state index in [0.717, 1.165) is 17.9 Å². The number of hydrogen-bond donors (Lipinski definition) is 2. The molecule has 25 heavy (non-hydrogen) atoms. The van der Waals surface area contributed by atoms with Gasteiger partial charge < -0.3 is 20.7 Å². The predicted octanol–water partition coefficient (Wildman–Crippen LogP) is 2.61. The third-order valence-electron chi connectivity index (χ3n) is 4.20. The van der Waals surface area contributed by atoms with Crippen LogP contribution in [0.25, 0.3) is 0 Å². The number of carbonyl (C=O) groups is 1. The van der Waals surface area contributed by atoms with Gasteiger partial charge in [-0.15, -0.1) is 0 Å². The predicted molar refractivity (Wildman–Crippen MR) is 101 cm³/mol. The maximum absolute atomic E-state index is 12.4. The van der Waals surface area contributed by atoms with Crippen LogP contribution in [0.4, 0.5) is 11.4 Å². The summed E-state index contributed by atoms with van der Waals surface area (Å²) in [7, 11) is 0. The van der Waals surface area contributed by atoms with Gasteiger partial charge >= 0.3 is 0 Å². The van der Waals surface area contributed by atoms with Crippen molar-refractivity contribution < 1.29 is 9.53 Å². The number of benzene rings is 2. The van der Waals surface area contributed by atoms with E-state index in [-0.39, 0.29) is 11.5 Å². The summed E-state index contributed by atoms with van der Waals surface area (Å²) < 4.78 is 6.00. The second kappa shape index (κ2) is 7.05. The Morgan fingerprint density at radius 1 is 1.24 bits per heavy atom. The third-order valence-corrected chi connectivity index (χ3v) is 4.20. The van der Waals surface area contributed by atoms with Crippen molar-refractivity contribution in [2.45, 2.75) is 25.9 Å². The SMILES string of the molecule is CC1(C)CN(CC(=O)NCCc2ccccc2)c2ccc(N)cc2O1. The fourth-order valence-corrected chi connectivity index (χ4v) is 3.11. The van der Waals surface area contributed by atoms with Crippen LogP contribution in [0.2, 0.25) is 0 Å². The number of hydrogen-bond acceptors (Lipinski definition) is 4. The number of nitrogen functional groups attached to an aromatic ring is 1. The van der Waals surface area contributed by atoms with E-state index in [1.165, 1.54) is 5.56 Å². The van der Waals surface area contributed by atoms with Gasteiger partial charge in [-0.3, -0.25) is 4.79 Å². The number of anilines is 2. The topological polar surface area (TPSA) is 67.6 Å². The molecule has 5 heteroatoms.